The van der Waals surface area contributed by atoms with Gasteiger partial charge in [0.1, 0.15) is 5.84 Å². The van der Waals surface area contributed by atoms with Gasteiger partial charge in [0.25, 0.3) is 0 Å². The molecule has 1 aliphatic heterocycles. The first kappa shape index (κ1) is 11.6. The quantitative estimate of drug-likeness (QED) is 0.503. The lowest BCUT2D eigenvalue weighted by Crippen LogP contribution is -2.47. The van der Waals surface area contributed by atoms with Crippen LogP contribution < -0.4 is 11.1 Å². The Kier molecular flexibility index (Phi) is 3.39. The number of rotatable bonds is 3. The Bertz CT molecular complexity index is 427. The van der Waals surface area contributed by atoms with E-state index in [0.29, 0.717) is 18.7 Å². The Hall–Kier alpha value is -1.88. The molecule has 1 aromatic carbocycles. The van der Waals surface area contributed by atoms with E-state index in [4.69, 9.17) is 11.1 Å². The second-order valence-corrected chi connectivity index (χ2v) is 4.10. The van der Waals surface area contributed by atoms with Crippen LogP contribution in [-0.2, 0) is 11.3 Å². The molecule has 0 unspecified atom stereocenters. The van der Waals surface area contributed by atoms with Gasteiger partial charge in [0.15, 0.2) is 0 Å². The number of benzene rings is 1. The minimum absolute atomic E-state index is 0.0646. The molecule has 0 saturated carbocycles. The molecule has 4 N–H and O–H groups in total. The van der Waals surface area contributed by atoms with Gasteiger partial charge >= 0.3 is 0 Å². The van der Waals surface area contributed by atoms with Gasteiger partial charge in [-0.05, 0) is 5.56 Å². The predicted molar refractivity (Wildman–Crippen MR) is 65.7 cm³/mol. The van der Waals surface area contributed by atoms with Gasteiger partial charge in [0.2, 0.25) is 5.91 Å². The molecule has 0 radical (unpaired) electrons. The fourth-order valence-electron chi connectivity index (χ4n) is 1.82. The van der Waals surface area contributed by atoms with Crippen molar-refractivity contribution in [3.63, 3.8) is 0 Å². The van der Waals surface area contributed by atoms with Crippen LogP contribution in [0, 0.1) is 5.41 Å². The highest BCUT2D eigenvalue weighted by Gasteiger charge is 2.17. The SMILES string of the molecule is N=C(N)c1ccc(CN2CCNCC2=O)cc1. The molecule has 2 rings (SSSR count). The lowest BCUT2D eigenvalue weighted by atomic mass is 10.1. The van der Waals surface area contributed by atoms with Crippen molar-refractivity contribution in [1.29, 1.82) is 5.41 Å². The molecule has 1 heterocycles. The van der Waals surface area contributed by atoms with Crippen LogP contribution in [0.1, 0.15) is 11.1 Å². The van der Waals surface area contributed by atoms with Crippen molar-refractivity contribution < 1.29 is 4.79 Å². The number of nitrogens with zero attached hydrogens (tertiary/aromatic N) is 1. The topological polar surface area (TPSA) is 82.2 Å². The Morgan fingerprint density at radius 3 is 2.71 bits per heavy atom. The molecular weight excluding hydrogens is 216 g/mol. The molecule has 1 saturated heterocycles. The van der Waals surface area contributed by atoms with E-state index in [1.807, 2.05) is 29.2 Å². The van der Waals surface area contributed by atoms with Crippen LogP contribution in [0.2, 0.25) is 0 Å². The molecular formula is C12H16N4O. The second kappa shape index (κ2) is 4.97. The maximum absolute atomic E-state index is 11.6. The molecule has 0 atom stereocenters. The lowest BCUT2D eigenvalue weighted by molar-refractivity contribution is -0.132. The van der Waals surface area contributed by atoms with Gasteiger partial charge in [0.05, 0.1) is 6.54 Å². The zero-order valence-electron chi connectivity index (χ0n) is 9.57. The van der Waals surface area contributed by atoms with Crippen molar-refractivity contribution in [3.8, 4) is 0 Å². The van der Waals surface area contributed by atoms with Crippen LogP contribution in [0.5, 0.6) is 0 Å². The van der Waals surface area contributed by atoms with Gasteiger partial charge in [-0.1, -0.05) is 24.3 Å². The maximum atomic E-state index is 11.6. The van der Waals surface area contributed by atoms with E-state index in [-0.39, 0.29) is 11.7 Å². The van der Waals surface area contributed by atoms with Gasteiger partial charge in [0, 0.05) is 25.2 Å². The first-order valence-electron chi connectivity index (χ1n) is 5.58. The molecule has 17 heavy (non-hydrogen) atoms. The molecule has 1 amide bonds. The number of nitrogens with two attached hydrogens (primary N) is 1. The van der Waals surface area contributed by atoms with E-state index in [0.717, 1.165) is 18.7 Å². The molecule has 5 heteroatoms. The summed E-state index contributed by atoms with van der Waals surface area (Å²) in [5.41, 5.74) is 7.15. The number of amides is 1. The van der Waals surface area contributed by atoms with E-state index in [2.05, 4.69) is 5.32 Å². The Morgan fingerprint density at radius 1 is 1.41 bits per heavy atom. The lowest BCUT2D eigenvalue weighted by Gasteiger charge is -2.27. The van der Waals surface area contributed by atoms with Crippen molar-refractivity contribution in [2.75, 3.05) is 19.6 Å². The normalized spacial score (nSPS) is 16.0. The van der Waals surface area contributed by atoms with E-state index < -0.39 is 0 Å². The van der Waals surface area contributed by atoms with Crippen LogP contribution in [0.3, 0.4) is 0 Å². The summed E-state index contributed by atoms with van der Waals surface area (Å²) in [5.74, 6) is 0.196. The number of nitrogens with one attached hydrogen (secondary N) is 2. The number of nitrogen functional groups attached to an aromatic ring is 1. The summed E-state index contributed by atoms with van der Waals surface area (Å²) in [6.07, 6.45) is 0. The summed E-state index contributed by atoms with van der Waals surface area (Å²) < 4.78 is 0. The number of piperazine rings is 1. The largest absolute Gasteiger partial charge is 0.384 e. The van der Waals surface area contributed by atoms with Crippen molar-refractivity contribution in [2.24, 2.45) is 5.73 Å². The minimum Gasteiger partial charge on any atom is -0.384 e. The van der Waals surface area contributed by atoms with Crippen LogP contribution in [0.15, 0.2) is 24.3 Å². The van der Waals surface area contributed by atoms with Crippen LogP contribution in [-0.4, -0.2) is 36.3 Å². The predicted octanol–water partition coefficient (Wildman–Crippen LogP) is -0.0975. The number of carbonyl (C=O) groups excluding carboxylic acids is 1. The first-order chi connectivity index (χ1) is 8.16. The second-order valence-electron chi connectivity index (χ2n) is 4.10. The Labute approximate surface area is 100 Å². The van der Waals surface area contributed by atoms with Gasteiger partial charge in [-0.3, -0.25) is 10.2 Å². The standard InChI is InChI=1S/C12H16N4O/c13-12(14)10-3-1-9(2-4-10)8-16-6-5-15-7-11(16)17/h1-4,15H,5-8H2,(H3,13,14). The van der Waals surface area contributed by atoms with Crippen LogP contribution in [0.25, 0.3) is 0 Å². The fourth-order valence-corrected chi connectivity index (χ4v) is 1.82. The average Bonchev–Trinajstić information content (AvgIpc) is 2.33. The highest BCUT2D eigenvalue weighted by atomic mass is 16.2. The summed E-state index contributed by atoms with van der Waals surface area (Å²) >= 11 is 0. The molecule has 1 fully saturated rings. The fraction of sp³-hybridized carbons (Fsp3) is 0.333. The van der Waals surface area contributed by atoms with Crippen LogP contribution in [0.4, 0.5) is 0 Å². The molecule has 1 aliphatic rings. The number of amidine groups is 1. The van der Waals surface area contributed by atoms with E-state index in [9.17, 15) is 4.79 Å². The molecule has 0 bridgehead atoms. The van der Waals surface area contributed by atoms with E-state index in [1.165, 1.54) is 0 Å². The zero-order chi connectivity index (χ0) is 12.3. The third-order valence-electron chi connectivity index (χ3n) is 2.83. The summed E-state index contributed by atoms with van der Waals surface area (Å²) in [7, 11) is 0. The highest BCUT2D eigenvalue weighted by molar-refractivity contribution is 5.94. The van der Waals surface area contributed by atoms with E-state index >= 15 is 0 Å². The van der Waals surface area contributed by atoms with Gasteiger partial charge in [-0.2, -0.15) is 0 Å². The zero-order valence-corrected chi connectivity index (χ0v) is 9.57. The number of carbonyl (C=O) groups is 1. The van der Waals surface area contributed by atoms with Gasteiger partial charge < -0.3 is 16.0 Å². The summed E-state index contributed by atoms with van der Waals surface area (Å²) in [4.78, 5) is 13.4. The minimum atomic E-state index is 0.0646. The molecule has 0 aliphatic carbocycles. The molecule has 0 aromatic heterocycles. The monoisotopic (exact) mass is 232 g/mol. The first-order valence-corrected chi connectivity index (χ1v) is 5.58. The van der Waals surface area contributed by atoms with Crippen LogP contribution >= 0.6 is 0 Å². The maximum Gasteiger partial charge on any atom is 0.236 e. The average molecular weight is 232 g/mol. The summed E-state index contributed by atoms with van der Waals surface area (Å²) in [6, 6.07) is 7.44. The summed E-state index contributed by atoms with van der Waals surface area (Å²) in [6.45, 7) is 2.63. The molecule has 0 spiro atoms. The van der Waals surface area contributed by atoms with Crippen molar-refractivity contribution in [1.82, 2.24) is 10.2 Å². The van der Waals surface area contributed by atoms with Gasteiger partial charge in [-0.15, -0.1) is 0 Å². The number of hydrogen-bond acceptors (Lipinski definition) is 3. The Balaban J connectivity index is 2.03. The van der Waals surface area contributed by atoms with Crippen molar-refractivity contribution in [2.45, 2.75) is 6.54 Å². The molecule has 90 valence electrons. The molecule has 5 nitrogen and oxygen atoms in total. The van der Waals surface area contributed by atoms with E-state index in [1.54, 1.807) is 0 Å². The highest BCUT2D eigenvalue weighted by Crippen LogP contribution is 2.08. The van der Waals surface area contributed by atoms with Crippen molar-refractivity contribution >= 4 is 11.7 Å². The third-order valence-corrected chi connectivity index (χ3v) is 2.83. The Morgan fingerprint density at radius 2 is 2.12 bits per heavy atom. The number of hydrogen-bond donors (Lipinski definition) is 3. The third kappa shape index (κ3) is 2.82. The molecule has 1 aromatic rings. The van der Waals surface area contributed by atoms with Crippen molar-refractivity contribution in [3.05, 3.63) is 35.4 Å². The van der Waals surface area contributed by atoms with Gasteiger partial charge in [-0.25, -0.2) is 0 Å². The smallest absolute Gasteiger partial charge is 0.236 e. The summed E-state index contributed by atoms with van der Waals surface area (Å²) in [5, 5.41) is 10.3.